The molecule has 0 spiro atoms. The number of amides is 2. The number of halogens is 1. The molecule has 4 fully saturated rings. The zero-order chi connectivity index (χ0) is 15.1. The van der Waals surface area contributed by atoms with E-state index in [1.54, 1.807) is 6.08 Å². The fourth-order valence-electron chi connectivity index (χ4n) is 5.01. The molecule has 0 aliphatic heterocycles. The van der Waals surface area contributed by atoms with Crippen LogP contribution in [0, 0.1) is 17.3 Å². The van der Waals surface area contributed by atoms with Gasteiger partial charge in [0.1, 0.15) is 0 Å². The summed E-state index contributed by atoms with van der Waals surface area (Å²) in [6, 6.07) is 0. The average Bonchev–Trinajstić information content (AvgIpc) is 2.39. The minimum Gasteiger partial charge on any atom is -0.351 e. The van der Waals surface area contributed by atoms with Crippen molar-refractivity contribution in [2.24, 2.45) is 17.3 Å². The average molecular weight is 311 g/mol. The van der Waals surface area contributed by atoms with Gasteiger partial charge in [-0.2, -0.15) is 0 Å². The first kappa shape index (κ1) is 14.9. The van der Waals surface area contributed by atoms with Crippen molar-refractivity contribution < 1.29 is 9.59 Å². The fourth-order valence-corrected chi connectivity index (χ4v) is 5.71. The maximum absolute atomic E-state index is 12.6. The van der Waals surface area contributed by atoms with Gasteiger partial charge in [0.2, 0.25) is 11.8 Å². The maximum atomic E-state index is 12.6. The predicted octanol–water partition coefficient (Wildman–Crippen LogP) is 1.98. The lowest BCUT2D eigenvalue weighted by Crippen LogP contribution is -2.59. The first-order chi connectivity index (χ1) is 9.95. The summed E-state index contributed by atoms with van der Waals surface area (Å²) in [7, 11) is 0. The molecule has 21 heavy (non-hydrogen) atoms. The van der Waals surface area contributed by atoms with Crippen molar-refractivity contribution in [3.05, 3.63) is 12.7 Å². The number of rotatable bonds is 5. The summed E-state index contributed by atoms with van der Waals surface area (Å²) in [4.78, 5) is 24.1. The molecule has 2 amide bonds. The second kappa shape index (κ2) is 5.31. The van der Waals surface area contributed by atoms with Gasteiger partial charge >= 0.3 is 0 Å². The molecule has 4 aliphatic rings. The van der Waals surface area contributed by atoms with Gasteiger partial charge in [-0.05, 0) is 50.4 Å². The highest BCUT2D eigenvalue weighted by Crippen LogP contribution is 2.63. The molecule has 4 rings (SSSR count). The van der Waals surface area contributed by atoms with E-state index in [0.29, 0.717) is 18.4 Å². The van der Waals surface area contributed by atoms with Crippen LogP contribution in [0.25, 0.3) is 0 Å². The first-order valence-corrected chi connectivity index (χ1v) is 8.17. The van der Waals surface area contributed by atoms with Gasteiger partial charge < -0.3 is 10.6 Å². The summed E-state index contributed by atoms with van der Waals surface area (Å²) in [5, 5.41) is 5.49. The van der Waals surface area contributed by atoms with Crippen molar-refractivity contribution in [2.45, 2.75) is 43.4 Å². The van der Waals surface area contributed by atoms with Crippen molar-refractivity contribution in [1.82, 2.24) is 10.6 Å². The van der Waals surface area contributed by atoms with Crippen LogP contribution in [-0.4, -0.2) is 29.8 Å². The van der Waals surface area contributed by atoms with Gasteiger partial charge in [-0.25, -0.2) is 0 Å². The smallest absolute Gasteiger partial charge is 0.239 e. The molecule has 2 N–H and O–H groups in total. The lowest BCUT2D eigenvalue weighted by molar-refractivity contribution is -0.145. The molecule has 116 valence electrons. The van der Waals surface area contributed by atoms with Gasteiger partial charge in [-0.15, -0.1) is 18.2 Å². The Hall–Kier alpha value is -1.03. The monoisotopic (exact) mass is 310 g/mol. The Labute approximate surface area is 130 Å². The third-order valence-electron chi connectivity index (χ3n) is 5.32. The largest absolute Gasteiger partial charge is 0.351 e. The van der Waals surface area contributed by atoms with E-state index < -0.39 is 0 Å². The van der Waals surface area contributed by atoms with Crippen molar-refractivity contribution in [3.8, 4) is 0 Å². The first-order valence-electron chi connectivity index (χ1n) is 7.80. The van der Waals surface area contributed by atoms with E-state index in [2.05, 4.69) is 17.2 Å². The Morgan fingerprint density at radius 1 is 1.19 bits per heavy atom. The summed E-state index contributed by atoms with van der Waals surface area (Å²) < 4.78 is 0. The Balaban J connectivity index is 1.62. The topological polar surface area (TPSA) is 58.2 Å². The summed E-state index contributed by atoms with van der Waals surface area (Å²) in [5.41, 5.74) is -0.329. The Morgan fingerprint density at radius 2 is 1.86 bits per heavy atom. The maximum Gasteiger partial charge on any atom is 0.239 e. The standard InChI is InChI=1S/C16H23ClN2O2/c1-2-3-18-13(20)9-19-14(21)15-5-11-4-12(6-15)8-16(17,7-11)10-15/h2,11-12H,1,3-10H2,(H,18,20)(H,19,21)/t11-,12+,15?,16?. The van der Waals surface area contributed by atoms with Crippen LogP contribution >= 0.6 is 11.6 Å². The lowest BCUT2D eigenvalue weighted by atomic mass is 9.49. The van der Waals surface area contributed by atoms with Crippen LogP contribution in [0.5, 0.6) is 0 Å². The van der Waals surface area contributed by atoms with Crippen LogP contribution in [0.1, 0.15) is 38.5 Å². The highest BCUT2D eigenvalue weighted by molar-refractivity contribution is 6.24. The van der Waals surface area contributed by atoms with Crippen LogP contribution in [0.2, 0.25) is 0 Å². The molecule has 2 unspecified atom stereocenters. The van der Waals surface area contributed by atoms with Crippen molar-refractivity contribution in [1.29, 1.82) is 0 Å². The Morgan fingerprint density at radius 3 is 2.43 bits per heavy atom. The van der Waals surface area contributed by atoms with Gasteiger partial charge in [0.25, 0.3) is 0 Å². The fraction of sp³-hybridized carbons (Fsp3) is 0.750. The molecule has 4 atom stereocenters. The molecular weight excluding hydrogens is 288 g/mol. The quantitative estimate of drug-likeness (QED) is 0.602. The van der Waals surface area contributed by atoms with Crippen molar-refractivity contribution in [3.63, 3.8) is 0 Å². The summed E-state index contributed by atoms with van der Waals surface area (Å²) >= 11 is 6.73. The third kappa shape index (κ3) is 2.83. The Kier molecular flexibility index (Phi) is 3.76. The number of alkyl halides is 1. The molecule has 0 heterocycles. The molecule has 4 saturated carbocycles. The van der Waals surface area contributed by atoms with Gasteiger partial charge in [-0.1, -0.05) is 6.08 Å². The number of hydrogen-bond acceptors (Lipinski definition) is 2. The number of carbonyl (C=O) groups excluding carboxylic acids is 2. The van der Waals surface area contributed by atoms with Crippen LogP contribution in [-0.2, 0) is 9.59 Å². The zero-order valence-corrected chi connectivity index (χ0v) is 13.0. The second-order valence-corrected chi connectivity index (χ2v) is 7.97. The molecule has 4 bridgehead atoms. The number of hydrogen-bond donors (Lipinski definition) is 2. The molecule has 5 heteroatoms. The van der Waals surface area contributed by atoms with Gasteiger partial charge in [-0.3, -0.25) is 9.59 Å². The molecule has 0 radical (unpaired) electrons. The summed E-state index contributed by atoms with van der Waals surface area (Å²) in [5.74, 6) is 1.03. The lowest BCUT2D eigenvalue weighted by Gasteiger charge is -2.59. The highest BCUT2D eigenvalue weighted by atomic mass is 35.5. The van der Waals surface area contributed by atoms with E-state index >= 15 is 0 Å². The molecule has 0 saturated heterocycles. The van der Waals surface area contributed by atoms with E-state index in [1.807, 2.05) is 0 Å². The zero-order valence-electron chi connectivity index (χ0n) is 12.3. The molecule has 0 aromatic carbocycles. The highest BCUT2D eigenvalue weighted by Gasteiger charge is 2.59. The third-order valence-corrected chi connectivity index (χ3v) is 5.77. The van der Waals surface area contributed by atoms with Gasteiger partial charge in [0.15, 0.2) is 0 Å². The number of carbonyl (C=O) groups is 2. The SMILES string of the molecule is C=CCNC(=O)CNC(=O)C12C[C@@H]3C[C@@H](CC(Cl)(C3)C1)C2. The normalized spacial score (nSPS) is 39.9. The van der Waals surface area contributed by atoms with Crippen LogP contribution in [0.15, 0.2) is 12.7 Å². The second-order valence-electron chi connectivity index (χ2n) is 7.17. The van der Waals surface area contributed by atoms with Crippen molar-refractivity contribution in [2.75, 3.05) is 13.1 Å². The molecular formula is C16H23ClN2O2. The van der Waals surface area contributed by atoms with E-state index in [0.717, 1.165) is 32.1 Å². The van der Waals surface area contributed by atoms with Crippen molar-refractivity contribution >= 4 is 23.4 Å². The molecule has 4 aliphatic carbocycles. The van der Waals surface area contributed by atoms with Crippen LogP contribution in [0.3, 0.4) is 0 Å². The van der Waals surface area contributed by atoms with E-state index in [1.165, 1.54) is 6.42 Å². The van der Waals surface area contributed by atoms with E-state index in [4.69, 9.17) is 11.6 Å². The molecule has 4 nitrogen and oxygen atoms in total. The van der Waals surface area contributed by atoms with Crippen LogP contribution in [0.4, 0.5) is 0 Å². The van der Waals surface area contributed by atoms with Gasteiger partial charge in [0, 0.05) is 11.4 Å². The van der Waals surface area contributed by atoms with E-state index in [9.17, 15) is 9.59 Å². The summed E-state index contributed by atoms with van der Waals surface area (Å²) in [6.45, 7) is 4.01. The predicted molar refractivity (Wildman–Crippen MR) is 81.9 cm³/mol. The summed E-state index contributed by atoms with van der Waals surface area (Å²) in [6.07, 6.45) is 7.62. The Bertz CT molecular complexity index is 463. The minimum absolute atomic E-state index is 0.0235. The van der Waals surface area contributed by atoms with E-state index in [-0.39, 0.29) is 28.6 Å². The molecule has 0 aromatic heterocycles. The molecule has 0 aromatic rings. The minimum atomic E-state index is -0.329. The van der Waals surface area contributed by atoms with Gasteiger partial charge in [0.05, 0.1) is 12.0 Å². The number of nitrogens with one attached hydrogen (secondary N) is 2. The van der Waals surface area contributed by atoms with Crippen LogP contribution < -0.4 is 10.6 Å².